The standard InChI is InChI=1S/C22H22N4O2/c1-25-19-8-7-17(15-18(19)23-24-25)21(27)26-13-4-10-22(12-14-26)11-9-16-5-2-3-6-20(16)28-22/h2-3,5-9,11,15H,4,10,12-14H2,1H3/t22-/m1/s1. The van der Waals surface area contributed by atoms with Crippen LogP contribution in [0.3, 0.4) is 0 Å². The van der Waals surface area contributed by atoms with Crippen LogP contribution in [-0.2, 0) is 7.05 Å². The van der Waals surface area contributed by atoms with Crippen molar-refractivity contribution in [2.75, 3.05) is 13.1 Å². The van der Waals surface area contributed by atoms with E-state index in [1.807, 2.05) is 48.3 Å². The SMILES string of the molecule is Cn1nnc2cc(C(=O)N3CCC[C@@]4(C=Cc5ccccc5O4)CC3)ccc21. The fourth-order valence-corrected chi connectivity index (χ4v) is 4.16. The number of likely N-dealkylation sites (tertiary alicyclic amines) is 1. The molecule has 1 aromatic heterocycles. The second-order valence-corrected chi connectivity index (χ2v) is 7.60. The molecule has 1 saturated heterocycles. The maximum absolute atomic E-state index is 13.1. The molecule has 0 unspecified atom stereocenters. The monoisotopic (exact) mass is 374 g/mol. The highest BCUT2D eigenvalue weighted by Crippen LogP contribution is 2.37. The second kappa shape index (κ2) is 6.48. The van der Waals surface area contributed by atoms with E-state index in [0.29, 0.717) is 12.1 Å². The molecule has 0 radical (unpaired) electrons. The molecule has 0 N–H and O–H groups in total. The van der Waals surface area contributed by atoms with E-state index in [1.54, 1.807) is 4.68 Å². The van der Waals surface area contributed by atoms with Crippen molar-refractivity contribution in [3.8, 4) is 5.75 Å². The van der Waals surface area contributed by atoms with E-state index in [4.69, 9.17) is 4.74 Å². The van der Waals surface area contributed by atoms with Crippen LogP contribution in [0.1, 0.15) is 35.2 Å². The van der Waals surface area contributed by atoms with E-state index in [1.165, 1.54) is 0 Å². The summed E-state index contributed by atoms with van der Waals surface area (Å²) in [6.45, 7) is 1.40. The van der Waals surface area contributed by atoms with Gasteiger partial charge in [0.1, 0.15) is 16.9 Å². The number of carbonyl (C=O) groups excluding carboxylic acids is 1. The number of hydrogen-bond acceptors (Lipinski definition) is 4. The van der Waals surface area contributed by atoms with Crippen LogP contribution in [0.2, 0.25) is 0 Å². The fraction of sp³-hybridized carbons (Fsp3) is 0.318. The third-order valence-corrected chi connectivity index (χ3v) is 5.78. The van der Waals surface area contributed by atoms with Gasteiger partial charge >= 0.3 is 0 Å². The van der Waals surface area contributed by atoms with E-state index >= 15 is 0 Å². The van der Waals surface area contributed by atoms with E-state index in [9.17, 15) is 4.79 Å². The summed E-state index contributed by atoms with van der Waals surface area (Å²) >= 11 is 0. The number of rotatable bonds is 1. The second-order valence-electron chi connectivity index (χ2n) is 7.60. The van der Waals surface area contributed by atoms with Crippen LogP contribution < -0.4 is 4.74 Å². The van der Waals surface area contributed by atoms with Crippen molar-refractivity contribution >= 4 is 23.0 Å². The number of nitrogens with zero attached hydrogens (tertiary/aromatic N) is 4. The summed E-state index contributed by atoms with van der Waals surface area (Å²) < 4.78 is 8.10. The third kappa shape index (κ3) is 2.85. The quantitative estimate of drug-likeness (QED) is 0.655. The predicted octanol–water partition coefficient (Wildman–Crippen LogP) is 3.44. The normalized spacial score (nSPS) is 21.4. The van der Waals surface area contributed by atoms with Gasteiger partial charge in [-0.15, -0.1) is 5.10 Å². The molecule has 3 heterocycles. The van der Waals surface area contributed by atoms with E-state index in [0.717, 1.165) is 48.2 Å². The van der Waals surface area contributed by atoms with Crippen LogP contribution in [0, 0.1) is 0 Å². The first-order valence-corrected chi connectivity index (χ1v) is 9.70. The minimum Gasteiger partial charge on any atom is -0.483 e. The molecule has 6 heteroatoms. The molecule has 1 spiro atoms. The first-order valence-electron chi connectivity index (χ1n) is 9.70. The largest absolute Gasteiger partial charge is 0.483 e. The summed E-state index contributed by atoms with van der Waals surface area (Å²) in [5.74, 6) is 0.975. The Labute approximate surface area is 163 Å². The molecule has 142 valence electrons. The Balaban J connectivity index is 1.35. The van der Waals surface area contributed by atoms with Gasteiger partial charge in [-0.25, -0.2) is 4.68 Å². The number of para-hydroxylation sites is 1. The smallest absolute Gasteiger partial charge is 0.253 e. The van der Waals surface area contributed by atoms with Gasteiger partial charge in [-0.1, -0.05) is 29.5 Å². The van der Waals surface area contributed by atoms with E-state index < -0.39 is 0 Å². The Hall–Kier alpha value is -3.15. The summed E-state index contributed by atoms with van der Waals surface area (Å²) in [5, 5.41) is 8.14. The van der Waals surface area contributed by atoms with Gasteiger partial charge in [0.15, 0.2) is 0 Å². The Kier molecular flexibility index (Phi) is 3.93. The summed E-state index contributed by atoms with van der Waals surface area (Å²) in [4.78, 5) is 15.0. The van der Waals surface area contributed by atoms with E-state index in [2.05, 4.69) is 28.5 Å². The Morgan fingerprint density at radius 3 is 2.96 bits per heavy atom. The number of carbonyl (C=O) groups is 1. The molecule has 5 rings (SSSR count). The molecule has 2 aliphatic rings. The van der Waals surface area contributed by atoms with Gasteiger partial charge in [0.2, 0.25) is 0 Å². The number of amides is 1. The van der Waals surface area contributed by atoms with Crippen molar-refractivity contribution in [2.24, 2.45) is 7.05 Å². The number of fused-ring (bicyclic) bond motifs is 2. The number of ether oxygens (including phenoxy) is 1. The highest BCUT2D eigenvalue weighted by atomic mass is 16.5. The van der Waals surface area contributed by atoms with Crippen molar-refractivity contribution in [3.05, 3.63) is 59.7 Å². The lowest BCUT2D eigenvalue weighted by Gasteiger charge is -2.34. The summed E-state index contributed by atoms with van der Waals surface area (Å²) in [6, 6.07) is 13.7. The zero-order valence-corrected chi connectivity index (χ0v) is 15.8. The van der Waals surface area contributed by atoms with Crippen LogP contribution in [-0.4, -0.2) is 44.5 Å². The highest BCUT2D eigenvalue weighted by Gasteiger charge is 2.35. The first kappa shape index (κ1) is 17.0. The molecular formula is C22H22N4O2. The maximum atomic E-state index is 13.1. The van der Waals surface area contributed by atoms with Crippen LogP contribution >= 0.6 is 0 Å². The van der Waals surface area contributed by atoms with Crippen molar-refractivity contribution in [2.45, 2.75) is 24.9 Å². The molecule has 28 heavy (non-hydrogen) atoms. The van der Waals surface area contributed by atoms with Crippen molar-refractivity contribution < 1.29 is 9.53 Å². The van der Waals surface area contributed by atoms with Gasteiger partial charge in [-0.05, 0) is 43.2 Å². The summed E-state index contributed by atoms with van der Waals surface area (Å²) in [5.41, 5.74) is 3.12. The number of benzene rings is 2. The minimum atomic E-state index is -0.321. The van der Waals surface area contributed by atoms with Crippen LogP contribution in [0.15, 0.2) is 48.5 Å². The Bertz CT molecular complexity index is 1090. The molecule has 6 nitrogen and oxygen atoms in total. The molecular weight excluding hydrogens is 352 g/mol. The van der Waals surface area contributed by atoms with Gasteiger partial charge in [0.05, 0.1) is 5.52 Å². The van der Waals surface area contributed by atoms with Gasteiger partial charge < -0.3 is 9.64 Å². The summed E-state index contributed by atoms with van der Waals surface area (Å²) in [7, 11) is 1.85. The summed E-state index contributed by atoms with van der Waals surface area (Å²) in [6.07, 6.45) is 6.93. The molecule has 1 atom stereocenters. The van der Waals surface area contributed by atoms with Crippen LogP contribution in [0.5, 0.6) is 5.75 Å². The van der Waals surface area contributed by atoms with Crippen molar-refractivity contribution in [1.29, 1.82) is 0 Å². The Morgan fingerprint density at radius 2 is 2.04 bits per heavy atom. The topological polar surface area (TPSA) is 60.2 Å². The molecule has 0 aliphatic carbocycles. The predicted molar refractivity (Wildman–Crippen MR) is 107 cm³/mol. The zero-order valence-electron chi connectivity index (χ0n) is 15.8. The lowest BCUT2D eigenvalue weighted by atomic mass is 9.91. The van der Waals surface area contributed by atoms with Crippen LogP contribution in [0.4, 0.5) is 0 Å². The Morgan fingerprint density at radius 1 is 1.14 bits per heavy atom. The van der Waals surface area contributed by atoms with Crippen molar-refractivity contribution in [1.82, 2.24) is 19.9 Å². The molecule has 2 aromatic carbocycles. The molecule has 0 bridgehead atoms. The van der Waals surface area contributed by atoms with Gasteiger partial charge in [0, 0.05) is 37.7 Å². The van der Waals surface area contributed by atoms with Gasteiger partial charge in [-0.3, -0.25) is 4.79 Å². The maximum Gasteiger partial charge on any atom is 0.253 e. The van der Waals surface area contributed by atoms with Crippen LogP contribution in [0.25, 0.3) is 17.1 Å². The lowest BCUT2D eigenvalue weighted by Crippen LogP contribution is -2.38. The molecule has 0 saturated carbocycles. The zero-order chi connectivity index (χ0) is 19.1. The molecule has 1 fully saturated rings. The molecule has 1 amide bonds. The van der Waals surface area contributed by atoms with Crippen molar-refractivity contribution in [3.63, 3.8) is 0 Å². The number of aromatic nitrogens is 3. The number of aryl methyl sites for hydroxylation is 1. The highest BCUT2D eigenvalue weighted by molar-refractivity contribution is 5.97. The first-order chi connectivity index (χ1) is 13.6. The van der Waals surface area contributed by atoms with Gasteiger partial charge in [-0.2, -0.15) is 0 Å². The lowest BCUT2D eigenvalue weighted by molar-refractivity contribution is 0.0730. The molecule has 2 aliphatic heterocycles. The van der Waals surface area contributed by atoms with E-state index in [-0.39, 0.29) is 11.5 Å². The average molecular weight is 374 g/mol. The van der Waals surface area contributed by atoms with Gasteiger partial charge in [0.25, 0.3) is 5.91 Å². The average Bonchev–Trinajstić information content (AvgIpc) is 2.97. The minimum absolute atomic E-state index is 0.0461. The molecule has 3 aromatic rings. The third-order valence-electron chi connectivity index (χ3n) is 5.78. The number of hydrogen-bond donors (Lipinski definition) is 0. The fourth-order valence-electron chi connectivity index (χ4n) is 4.16.